The molecule has 0 aromatic carbocycles. The summed E-state index contributed by atoms with van der Waals surface area (Å²) in [6, 6.07) is 0.385. The maximum absolute atomic E-state index is 5.81. The summed E-state index contributed by atoms with van der Waals surface area (Å²) in [7, 11) is 0. The molecule has 5 heteroatoms. The van der Waals surface area contributed by atoms with Crippen molar-refractivity contribution < 1.29 is 4.74 Å². The minimum atomic E-state index is 0.372. The van der Waals surface area contributed by atoms with E-state index in [9.17, 15) is 0 Å². The molecule has 2 rings (SSSR count). The van der Waals surface area contributed by atoms with Crippen molar-refractivity contribution in [2.75, 3.05) is 0 Å². The van der Waals surface area contributed by atoms with E-state index in [4.69, 9.17) is 10.5 Å². The van der Waals surface area contributed by atoms with Crippen molar-refractivity contribution in [3.05, 3.63) is 11.1 Å². The second-order valence-corrected chi connectivity index (χ2v) is 4.35. The molecule has 0 atom stereocenters. The Hall–Kier alpha value is -0.520. The molecule has 1 heterocycles. The van der Waals surface area contributed by atoms with Gasteiger partial charge in [-0.2, -0.15) is 0 Å². The molecule has 2 N–H and O–H groups in total. The molecule has 1 aromatic heterocycles. The van der Waals surface area contributed by atoms with Gasteiger partial charge in [0.2, 0.25) is 0 Å². The molecule has 0 unspecified atom stereocenters. The van der Waals surface area contributed by atoms with Crippen LogP contribution in [0.25, 0.3) is 0 Å². The third kappa shape index (κ3) is 2.73. The van der Waals surface area contributed by atoms with E-state index >= 15 is 0 Å². The van der Waals surface area contributed by atoms with E-state index in [1.807, 2.05) is 5.38 Å². The lowest BCUT2D eigenvalue weighted by Gasteiger charge is -2.25. The average molecular weight is 213 g/mol. The summed E-state index contributed by atoms with van der Waals surface area (Å²) in [5.74, 6) is 0. The topological polar surface area (TPSA) is 61.0 Å². The number of rotatable bonds is 3. The van der Waals surface area contributed by atoms with Gasteiger partial charge in [-0.05, 0) is 37.2 Å². The van der Waals surface area contributed by atoms with E-state index < -0.39 is 0 Å². The van der Waals surface area contributed by atoms with Gasteiger partial charge in [-0.1, -0.05) is 4.49 Å². The molecule has 1 fully saturated rings. The van der Waals surface area contributed by atoms with Gasteiger partial charge in [-0.15, -0.1) is 5.10 Å². The van der Waals surface area contributed by atoms with Crippen molar-refractivity contribution in [2.24, 2.45) is 5.73 Å². The first-order valence-corrected chi connectivity index (χ1v) is 5.81. The van der Waals surface area contributed by atoms with Gasteiger partial charge in [0.25, 0.3) is 0 Å². The monoisotopic (exact) mass is 213 g/mol. The molecule has 0 spiro atoms. The predicted octanol–water partition coefficient (Wildman–Crippen LogP) is 1.32. The zero-order valence-electron chi connectivity index (χ0n) is 8.06. The normalized spacial score (nSPS) is 27.8. The van der Waals surface area contributed by atoms with Crippen LogP contribution >= 0.6 is 11.5 Å². The van der Waals surface area contributed by atoms with Gasteiger partial charge in [0.05, 0.1) is 12.7 Å². The number of aromatic nitrogens is 2. The Morgan fingerprint density at radius 2 is 2.21 bits per heavy atom. The number of hydrogen-bond donors (Lipinski definition) is 1. The highest BCUT2D eigenvalue weighted by atomic mass is 32.1. The van der Waals surface area contributed by atoms with Crippen molar-refractivity contribution in [3.8, 4) is 0 Å². The summed E-state index contributed by atoms with van der Waals surface area (Å²) in [5.41, 5.74) is 6.75. The maximum atomic E-state index is 5.81. The molecule has 14 heavy (non-hydrogen) atoms. The van der Waals surface area contributed by atoms with Crippen LogP contribution in [0.4, 0.5) is 0 Å². The van der Waals surface area contributed by atoms with Gasteiger partial charge >= 0.3 is 0 Å². The summed E-state index contributed by atoms with van der Waals surface area (Å²) in [6.07, 6.45) is 4.70. The largest absolute Gasteiger partial charge is 0.372 e. The molecular weight excluding hydrogens is 198 g/mol. The van der Waals surface area contributed by atoms with Crippen LogP contribution in [-0.4, -0.2) is 21.7 Å². The van der Waals surface area contributed by atoms with Crippen molar-refractivity contribution in [3.63, 3.8) is 0 Å². The Labute approximate surface area is 87.6 Å². The fourth-order valence-electron chi connectivity index (χ4n) is 1.71. The Kier molecular flexibility index (Phi) is 3.44. The number of ether oxygens (including phenoxy) is 1. The quantitative estimate of drug-likeness (QED) is 0.822. The first kappa shape index (κ1) is 10.0. The van der Waals surface area contributed by atoms with E-state index in [0.29, 0.717) is 18.8 Å². The third-order valence-corrected chi connectivity index (χ3v) is 3.14. The molecule has 0 bridgehead atoms. The van der Waals surface area contributed by atoms with Gasteiger partial charge in [0, 0.05) is 11.4 Å². The highest BCUT2D eigenvalue weighted by molar-refractivity contribution is 7.03. The second kappa shape index (κ2) is 4.82. The van der Waals surface area contributed by atoms with Gasteiger partial charge in [-0.25, -0.2) is 0 Å². The summed E-state index contributed by atoms with van der Waals surface area (Å²) in [5, 5.41) is 5.86. The number of nitrogens with two attached hydrogens (primary N) is 1. The van der Waals surface area contributed by atoms with E-state index in [0.717, 1.165) is 31.4 Å². The third-order valence-electron chi connectivity index (χ3n) is 2.59. The van der Waals surface area contributed by atoms with Gasteiger partial charge in [0.15, 0.2) is 0 Å². The minimum Gasteiger partial charge on any atom is -0.372 e. The summed E-state index contributed by atoms with van der Waals surface area (Å²) in [4.78, 5) is 0. The fraction of sp³-hybridized carbons (Fsp3) is 0.778. The van der Waals surface area contributed by atoms with Crippen LogP contribution in [0, 0.1) is 0 Å². The maximum Gasteiger partial charge on any atom is 0.101 e. The van der Waals surface area contributed by atoms with Gasteiger partial charge < -0.3 is 10.5 Å². The number of hydrogen-bond acceptors (Lipinski definition) is 5. The molecule has 1 aliphatic carbocycles. The molecule has 1 aliphatic rings. The van der Waals surface area contributed by atoms with Gasteiger partial charge in [0.1, 0.15) is 5.69 Å². The second-order valence-electron chi connectivity index (χ2n) is 3.74. The lowest BCUT2D eigenvalue weighted by atomic mass is 9.94. The Morgan fingerprint density at radius 3 is 2.86 bits per heavy atom. The van der Waals surface area contributed by atoms with Crippen molar-refractivity contribution in [1.29, 1.82) is 0 Å². The lowest BCUT2D eigenvalue weighted by molar-refractivity contribution is 0.0122. The molecule has 0 amide bonds. The van der Waals surface area contributed by atoms with Gasteiger partial charge in [-0.3, -0.25) is 0 Å². The van der Waals surface area contributed by atoms with Crippen LogP contribution in [0.5, 0.6) is 0 Å². The standard InChI is InChI=1S/C9H15N3OS/c10-7-1-3-9(4-2-7)13-5-8-6-14-12-11-8/h6-7,9H,1-5,10H2. The van der Waals surface area contributed by atoms with Crippen molar-refractivity contribution in [1.82, 2.24) is 9.59 Å². The molecule has 4 nitrogen and oxygen atoms in total. The van der Waals surface area contributed by atoms with E-state index in [-0.39, 0.29) is 0 Å². The highest BCUT2D eigenvalue weighted by Crippen LogP contribution is 2.20. The molecule has 0 radical (unpaired) electrons. The minimum absolute atomic E-state index is 0.372. The summed E-state index contributed by atoms with van der Waals surface area (Å²) in [6.45, 7) is 0.594. The Balaban J connectivity index is 1.71. The zero-order valence-corrected chi connectivity index (χ0v) is 8.87. The molecule has 0 aliphatic heterocycles. The zero-order chi connectivity index (χ0) is 9.80. The Bertz CT molecular complexity index is 257. The van der Waals surface area contributed by atoms with Crippen LogP contribution in [0.15, 0.2) is 5.38 Å². The first-order valence-electron chi connectivity index (χ1n) is 4.97. The van der Waals surface area contributed by atoms with Crippen LogP contribution in [0.3, 0.4) is 0 Å². The summed E-state index contributed by atoms with van der Waals surface area (Å²) < 4.78 is 9.51. The first-order chi connectivity index (χ1) is 6.84. The van der Waals surface area contributed by atoms with Crippen LogP contribution < -0.4 is 5.73 Å². The lowest BCUT2D eigenvalue weighted by Crippen LogP contribution is -2.30. The van der Waals surface area contributed by atoms with E-state index in [2.05, 4.69) is 9.59 Å². The summed E-state index contributed by atoms with van der Waals surface area (Å²) >= 11 is 1.37. The smallest absolute Gasteiger partial charge is 0.101 e. The predicted molar refractivity (Wildman–Crippen MR) is 54.9 cm³/mol. The molecular formula is C9H15N3OS. The molecule has 1 aromatic rings. The molecule has 78 valence electrons. The SMILES string of the molecule is NC1CCC(OCc2csnn2)CC1. The van der Waals surface area contributed by atoms with Crippen LogP contribution in [-0.2, 0) is 11.3 Å². The number of nitrogens with zero attached hydrogens (tertiary/aromatic N) is 2. The van der Waals surface area contributed by atoms with E-state index in [1.165, 1.54) is 11.5 Å². The Morgan fingerprint density at radius 1 is 1.43 bits per heavy atom. The fourth-order valence-corrected chi connectivity index (χ4v) is 2.14. The van der Waals surface area contributed by atoms with Crippen LogP contribution in [0.1, 0.15) is 31.4 Å². The van der Waals surface area contributed by atoms with Crippen molar-refractivity contribution in [2.45, 2.75) is 44.4 Å². The molecule has 1 saturated carbocycles. The molecule has 0 saturated heterocycles. The van der Waals surface area contributed by atoms with Crippen molar-refractivity contribution >= 4 is 11.5 Å². The van der Waals surface area contributed by atoms with E-state index in [1.54, 1.807) is 0 Å². The highest BCUT2D eigenvalue weighted by Gasteiger charge is 2.18. The average Bonchev–Trinajstić information content (AvgIpc) is 2.70. The van der Waals surface area contributed by atoms with Crippen LogP contribution in [0.2, 0.25) is 0 Å².